The second-order valence-electron chi connectivity index (χ2n) is 4.68. The minimum Gasteiger partial charge on any atom is -0.394 e. The molecule has 4 atom stereocenters. The monoisotopic (exact) mass is 299 g/mol. The number of rotatable bonds is 2. The van der Waals surface area contributed by atoms with Crippen molar-refractivity contribution in [3.63, 3.8) is 0 Å². The molecule has 2 aromatic rings. The van der Waals surface area contributed by atoms with Gasteiger partial charge in [-0.3, -0.25) is 14.8 Å². The number of ether oxygens (including phenoxy) is 1. The Hall–Kier alpha value is -2.21. The second-order valence-corrected chi connectivity index (χ2v) is 4.68. The molecule has 1 fully saturated rings. The highest BCUT2D eigenvalue weighted by Gasteiger charge is 2.44. The van der Waals surface area contributed by atoms with Crippen LogP contribution in [0.15, 0.2) is 9.59 Å². The summed E-state index contributed by atoms with van der Waals surface area (Å²) < 4.78 is 6.13. The van der Waals surface area contributed by atoms with Crippen molar-refractivity contribution in [3.05, 3.63) is 20.8 Å². The maximum atomic E-state index is 12.0. The summed E-state index contributed by atoms with van der Waals surface area (Å²) >= 11 is 0. The highest BCUT2D eigenvalue weighted by Crippen LogP contribution is 2.29. The average molecular weight is 299 g/mol. The van der Waals surface area contributed by atoms with Gasteiger partial charge >= 0.3 is 5.69 Å². The van der Waals surface area contributed by atoms with Crippen LogP contribution < -0.4 is 17.0 Å². The molecule has 11 nitrogen and oxygen atoms in total. The number of aromatic amines is 2. The maximum absolute atomic E-state index is 12.0. The summed E-state index contributed by atoms with van der Waals surface area (Å²) in [5.74, 6) is -0.216. The lowest BCUT2D eigenvalue weighted by Crippen LogP contribution is -2.35. The van der Waals surface area contributed by atoms with Crippen LogP contribution in [0.3, 0.4) is 0 Å². The van der Waals surface area contributed by atoms with Crippen molar-refractivity contribution >= 4 is 17.1 Å². The Balaban J connectivity index is 2.20. The zero-order chi connectivity index (χ0) is 15.3. The van der Waals surface area contributed by atoms with Crippen molar-refractivity contribution in [1.29, 1.82) is 0 Å². The van der Waals surface area contributed by atoms with Gasteiger partial charge in [-0.15, -0.1) is 0 Å². The number of imidazole rings is 1. The van der Waals surface area contributed by atoms with E-state index in [0.717, 1.165) is 4.57 Å². The van der Waals surface area contributed by atoms with Crippen LogP contribution in [0.4, 0.5) is 5.95 Å². The fraction of sp³-hybridized carbons (Fsp3) is 0.500. The van der Waals surface area contributed by atoms with Crippen LogP contribution in [0.2, 0.25) is 0 Å². The van der Waals surface area contributed by atoms with E-state index in [4.69, 9.17) is 15.6 Å². The van der Waals surface area contributed by atoms with E-state index in [1.54, 1.807) is 0 Å². The molecule has 3 rings (SSSR count). The van der Waals surface area contributed by atoms with Gasteiger partial charge in [-0.05, 0) is 0 Å². The van der Waals surface area contributed by atoms with Gasteiger partial charge in [0.05, 0.1) is 6.61 Å². The van der Waals surface area contributed by atoms with Gasteiger partial charge in [0.2, 0.25) is 5.95 Å². The highest BCUT2D eigenvalue weighted by molar-refractivity contribution is 5.70. The summed E-state index contributed by atoms with van der Waals surface area (Å²) in [4.78, 5) is 32.0. The normalized spacial score (nSPS) is 29.3. The zero-order valence-electron chi connectivity index (χ0n) is 10.6. The molecule has 0 aromatic carbocycles. The fourth-order valence-corrected chi connectivity index (χ4v) is 2.36. The van der Waals surface area contributed by atoms with E-state index in [9.17, 15) is 19.8 Å². The largest absolute Gasteiger partial charge is 0.394 e. The lowest BCUT2D eigenvalue weighted by Gasteiger charge is -2.15. The van der Waals surface area contributed by atoms with Crippen LogP contribution in [0, 0.1) is 0 Å². The predicted molar refractivity (Wildman–Crippen MR) is 68.4 cm³/mol. The first-order chi connectivity index (χ1) is 9.93. The number of aliphatic hydroxyl groups is 3. The highest BCUT2D eigenvalue weighted by atomic mass is 16.6. The number of aliphatic hydroxyl groups excluding tert-OH is 3. The number of aromatic nitrogens is 4. The predicted octanol–water partition coefficient (Wildman–Crippen LogP) is -3.39. The van der Waals surface area contributed by atoms with Crippen LogP contribution in [0.1, 0.15) is 6.23 Å². The van der Waals surface area contributed by atoms with Crippen LogP contribution in [-0.2, 0) is 4.74 Å². The van der Waals surface area contributed by atoms with Crippen LogP contribution in [-0.4, -0.2) is 59.8 Å². The van der Waals surface area contributed by atoms with E-state index < -0.39 is 42.4 Å². The van der Waals surface area contributed by atoms with E-state index in [1.807, 2.05) is 0 Å². The van der Waals surface area contributed by atoms with E-state index in [0.29, 0.717) is 0 Å². The number of nitrogens with zero attached hydrogens (tertiary/aromatic N) is 2. The molecule has 11 heteroatoms. The Morgan fingerprint density at radius 3 is 2.62 bits per heavy atom. The second kappa shape index (κ2) is 4.66. The topological polar surface area (TPSA) is 179 Å². The van der Waals surface area contributed by atoms with Gasteiger partial charge in [0, 0.05) is 0 Å². The van der Waals surface area contributed by atoms with Crippen molar-refractivity contribution in [1.82, 2.24) is 19.5 Å². The summed E-state index contributed by atoms with van der Waals surface area (Å²) in [6.07, 6.45) is -5.20. The van der Waals surface area contributed by atoms with Crippen molar-refractivity contribution < 1.29 is 20.1 Å². The van der Waals surface area contributed by atoms with Crippen LogP contribution >= 0.6 is 0 Å². The van der Waals surface area contributed by atoms with Crippen LogP contribution in [0.25, 0.3) is 11.2 Å². The molecule has 0 radical (unpaired) electrons. The van der Waals surface area contributed by atoms with E-state index >= 15 is 0 Å². The Kier molecular flexibility index (Phi) is 3.06. The summed E-state index contributed by atoms with van der Waals surface area (Å²) in [6.45, 7) is -0.540. The van der Waals surface area contributed by atoms with Gasteiger partial charge in [0.1, 0.15) is 18.3 Å². The molecule has 0 spiro atoms. The first-order valence-electron chi connectivity index (χ1n) is 6.06. The summed E-state index contributed by atoms with van der Waals surface area (Å²) in [5.41, 5.74) is 3.77. The quantitative estimate of drug-likeness (QED) is 0.332. The number of hydrogen-bond donors (Lipinski definition) is 6. The number of anilines is 1. The SMILES string of the molecule is Nc1nc2c([nH]c(=O)n2[C@H]2O[C@@H](CO)[C@@H](O)[C@@H]2O)c(=O)[nH]1. The average Bonchev–Trinajstić information content (AvgIpc) is 2.89. The number of nitrogen functional groups attached to an aromatic ring is 1. The van der Waals surface area contributed by atoms with E-state index in [-0.39, 0.29) is 17.1 Å². The van der Waals surface area contributed by atoms with E-state index in [2.05, 4.69) is 15.0 Å². The molecule has 1 saturated heterocycles. The number of nitrogens with two attached hydrogens (primary N) is 1. The van der Waals surface area contributed by atoms with E-state index in [1.165, 1.54) is 0 Å². The molecule has 1 aliphatic heterocycles. The molecule has 0 aliphatic carbocycles. The first-order valence-corrected chi connectivity index (χ1v) is 6.06. The van der Waals surface area contributed by atoms with Gasteiger partial charge in [-0.1, -0.05) is 0 Å². The summed E-state index contributed by atoms with van der Waals surface area (Å²) in [6, 6.07) is 0. The third-order valence-corrected chi connectivity index (χ3v) is 3.37. The molecule has 7 N–H and O–H groups in total. The smallest absolute Gasteiger partial charge is 0.330 e. The fourth-order valence-electron chi connectivity index (χ4n) is 2.36. The molecular formula is C10H13N5O6. The van der Waals surface area contributed by atoms with Gasteiger partial charge < -0.3 is 25.8 Å². The lowest BCUT2D eigenvalue weighted by molar-refractivity contribution is -0.0524. The Morgan fingerprint density at radius 2 is 2.00 bits per heavy atom. The van der Waals surface area contributed by atoms with Crippen LogP contribution in [0.5, 0.6) is 0 Å². The Morgan fingerprint density at radius 1 is 1.29 bits per heavy atom. The van der Waals surface area contributed by atoms with Gasteiger partial charge in [0.25, 0.3) is 5.56 Å². The van der Waals surface area contributed by atoms with Gasteiger partial charge in [0.15, 0.2) is 17.4 Å². The Bertz CT molecular complexity index is 793. The number of hydrogen-bond acceptors (Lipinski definition) is 8. The van der Waals surface area contributed by atoms with Gasteiger partial charge in [-0.2, -0.15) is 4.98 Å². The molecule has 3 heterocycles. The minimum absolute atomic E-state index is 0.115. The molecule has 0 unspecified atom stereocenters. The number of nitrogens with one attached hydrogen (secondary N) is 2. The molecule has 2 aromatic heterocycles. The minimum atomic E-state index is -1.47. The molecular weight excluding hydrogens is 286 g/mol. The number of H-pyrrole nitrogens is 2. The Labute approximate surface area is 115 Å². The van der Waals surface area contributed by atoms with Crippen molar-refractivity contribution in [3.8, 4) is 0 Å². The maximum Gasteiger partial charge on any atom is 0.330 e. The third kappa shape index (κ3) is 1.94. The molecule has 1 aliphatic rings. The summed E-state index contributed by atoms with van der Waals surface area (Å²) in [7, 11) is 0. The molecule has 0 saturated carbocycles. The summed E-state index contributed by atoms with van der Waals surface area (Å²) in [5, 5.41) is 28.7. The molecule has 21 heavy (non-hydrogen) atoms. The van der Waals surface area contributed by atoms with Gasteiger partial charge in [-0.25, -0.2) is 9.36 Å². The van der Waals surface area contributed by atoms with Crippen molar-refractivity contribution in [2.24, 2.45) is 0 Å². The lowest BCUT2D eigenvalue weighted by atomic mass is 10.1. The third-order valence-electron chi connectivity index (χ3n) is 3.37. The first kappa shape index (κ1) is 13.8. The van der Waals surface area contributed by atoms with Crippen molar-refractivity contribution in [2.45, 2.75) is 24.5 Å². The van der Waals surface area contributed by atoms with Crippen molar-refractivity contribution in [2.75, 3.05) is 12.3 Å². The zero-order valence-corrected chi connectivity index (χ0v) is 10.6. The molecule has 0 bridgehead atoms. The molecule has 114 valence electrons. The number of fused-ring (bicyclic) bond motifs is 1. The standard InChI is InChI=1S/C10H13N5O6/c11-9-13-6-3(7(19)14-9)12-10(20)15(6)8-5(18)4(17)2(1-16)21-8/h2,4-5,8,16-18H,1H2,(H,12,20)(H3,11,13,14,19)/t2-,4+,5-,8-/m0/s1. The molecule has 0 amide bonds.